The molecule has 1 heterocycles. The average molecular weight is 331 g/mol. The smallest absolute Gasteiger partial charge is 0.373 e. The first-order chi connectivity index (χ1) is 11.3. The number of hydrogen-bond acceptors (Lipinski definition) is 5. The molecule has 0 bridgehead atoms. The standard InChI is InChI=1S/C17H21NOS.CO2/c1-2-15-12-20-17(18-15)14-8-9-16(10-14)19-11-13-6-4-3-5-7-13;2-1-3/h3-7,12,14,16H,2,8-11H2,1H3;/t14-,16+;/m0./s1. The quantitative estimate of drug-likeness (QED) is 0.832. The van der Waals surface area contributed by atoms with E-state index in [4.69, 9.17) is 19.3 Å². The summed E-state index contributed by atoms with van der Waals surface area (Å²) in [7, 11) is 0. The molecule has 0 spiro atoms. The molecule has 0 aliphatic heterocycles. The van der Waals surface area contributed by atoms with Gasteiger partial charge in [0.2, 0.25) is 0 Å². The van der Waals surface area contributed by atoms with Crippen LogP contribution in [-0.2, 0) is 27.4 Å². The van der Waals surface area contributed by atoms with E-state index in [0.29, 0.717) is 12.0 Å². The molecule has 2 atom stereocenters. The minimum atomic E-state index is 0.250. The van der Waals surface area contributed by atoms with Gasteiger partial charge >= 0.3 is 6.15 Å². The van der Waals surface area contributed by atoms with E-state index in [1.807, 2.05) is 17.4 Å². The minimum absolute atomic E-state index is 0.250. The van der Waals surface area contributed by atoms with E-state index in [1.165, 1.54) is 29.1 Å². The lowest BCUT2D eigenvalue weighted by Gasteiger charge is -2.11. The number of carbonyl (C=O) groups excluding carboxylic acids is 2. The van der Waals surface area contributed by atoms with E-state index in [2.05, 4.69) is 36.6 Å². The van der Waals surface area contributed by atoms with Gasteiger partial charge in [0.1, 0.15) is 0 Å². The van der Waals surface area contributed by atoms with E-state index < -0.39 is 0 Å². The lowest BCUT2D eigenvalue weighted by atomic mass is 10.1. The van der Waals surface area contributed by atoms with Crippen LogP contribution in [0.2, 0.25) is 0 Å². The summed E-state index contributed by atoms with van der Waals surface area (Å²) in [5.74, 6) is 0.612. The normalized spacial score (nSPS) is 19.7. The molecule has 1 aromatic carbocycles. The van der Waals surface area contributed by atoms with Gasteiger partial charge in [-0.05, 0) is 31.2 Å². The number of rotatable bonds is 5. The average Bonchev–Trinajstić information content (AvgIpc) is 3.23. The lowest BCUT2D eigenvalue weighted by Crippen LogP contribution is -2.08. The molecule has 1 aliphatic rings. The first-order valence-electron chi connectivity index (χ1n) is 7.85. The zero-order valence-electron chi connectivity index (χ0n) is 13.2. The molecular weight excluding hydrogens is 310 g/mol. The van der Waals surface area contributed by atoms with Gasteiger partial charge in [0.25, 0.3) is 0 Å². The van der Waals surface area contributed by atoms with Crippen molar-refractivity contribution < 1.29 is 14.3 Å². The summed E-state index contributed by atoms with van der Waals surface area (Å²) in [5.41, 5.74) is 2.50. The molecule has 1 saturated carbocycles. The van der Waals surface area contributed by atoms with Crippen LogP contribution in [-0.4, -0.2) is 17.2 Å². The van der Waals surface area contributed by atoms with Crippen LogP contribution in [0.5, 0.6) is 0 Å². The molecule has 2 aromatic rings. The zero-order valence-corrected chi connectivity index (χ0v) is 14.1. The van der Waals surface area contributed by atoms with Crippen molar-refractivity contribution in [3.63, 3.8) is 0 Å². The van der Waals surface area contributed by atoms with Gasteiger partial charge in [-0.2, -0.15) is 9.59 Å². The minimum Gasteiger partial charge on any atom is -0.374 e. The fraction of sp³-hybridized carbons (Fsp3) is 0.444. The highest BCUT2D eigenvalue weighted by Gasteiger charge is 2.28. The highest BCUT2D eigenvalue weighted by molar-refractivity contribution is 7.09. The molecular formula is C18H21NO3S. The van der Waals surface area contributed by atoms with E-state index >= 15 is 0 Å². The summed E-state index contributed by atoms with van der Waals surface area (Å²) in [5, 5.41) is 3.51. The van der Waals surface area contributed by atoms with Crippen molar-refractivity contribution in [2.24, 2.45) is 0 Å². The Labute approximate surface area is 140 Å². The van der Waals surface area contributed by atoms with Gasteiger partial charge in [-0.1, -0.05) is 37.3 Å². The van der Waals surface area contributed by atoms with Gasteiger partial charge < -0.3 is 4.74 Å². The van der Waals surface area contributed by atoms with Gasteiger partial charge in [0.05, 0.1) is 23.4 Å². The molecule has 23 heavy (non-hydrogen) atoms. The molecule has 0 N–H and O–H groups in total. The molecule has 0 amide bonds. The van der Waals surface area contributed by atoms with Gasteiger partial charge in [-0.25, -0.2) is 4.98 Å². The summed E-state index contributed by atoms with van der Waals surface area (Å²) in [6.07, 6.45) is 5.20. The third-order valence-electron chi connectivity index (χ3n) is 3.99. The predicted molar refractivity (Wildman–Crippen MR) is 88.1 cm³/mol. The maximum Gasteiger partial charge on any atom is 0.373 e. The molecule has 5 heteroatoms. The Balaban J connectivity index is 0.000000595. The van der Waals surface area contributed by atoms with E-state index in [1.54, 1.807) is 0 Å². The molecule has 0 unspecified atom stereocenters. The van der Waals surface area contributed by atoms with Crippen LogP contribution in [0, 0.1) is 0 Å². The first kappa shape index (κ1) is 17.5. The van der Waals surface area contributed by atoms with Crippen molar-refractivity contribution in [1.82, 2.24) is 4.98 Å². The molecule has 3 rings (SSSR count). The van der Waals surface area contributed by atoms with Gasteiger partial charge in [0.15, 0.2) is 0 Å². The lowest BCUT2D eigenvalue weighted by molar-refractivity contribution is -0.191. The van der Waals surface area contributed by atoms with Crippen molar-refractivity contribution in [2.75, 3.05) is 0 Å². The SMILES string of the molecule is CCc1csc([C@H]2CC[C@@H](OCc3ccccc3)C2)n1.O=C=O. The number of aryl methyl sites for hydroxylation is 1. The Morgan fingerprint density at radius 1 is 1.26 bits per heavy atom. The Kier molecular flexibility index (Phi) is 7.14. The van der Waals surface area contributed by atoms with Crippen molar-refractivity contribution in [2.45, 2.75) is 51.2 Å². The summed E-state index contributed by atoms with van der Waals surface area (Å²) in [4.78, 5) is 21.0. The largest absolute Gasteiger partial charge is 0.374 e. The third kappa shape index (κ3) is 5.39. The van der Waals surface area contributed by atoms with E-state index in [-0.39, 0.29) is 6.15 Å². The maximum atomic E-state index is 8.12. The van der Waals surface area contributed by atoms with Crippen molar-refractivity contribution in [1.29, 1.82) is 0 Å². The second-order valence-corrected chi connectivity index (χ2v) is 6.43. The highest BCUT2D eigenvalue weighted by Crippen LogP contribution is 2.37. The topological polar surface area (TPSA) is 56.3 Å². The van der Waals surface area contributed by atoms with Crippen molar-refractivity contribution in [3.8, 4) is 0 Å². The highest BCUT2D eigenvalue weighted by atomic mass is 32.1. The van der Waals surface area contributed by atoms with Crippen LogP contribution >= 0.6 is 11.3 Å². The maximum absolute atomic E-state index is 8.12. The van der Waals surface area contributed by atoms with Crippen LogP contribution in [0.1, 0.15) is 48.4 Å². The fourth-order valence-corrected chi connectivity index (χ4v) is 3.83. The van der Waals surface area contributed by atoms with Crippen LogP contribution in [0.15, 0.2) is 35.7 Å². The number of nitrogens with zero attached hydrogens (tertiary/aromatic N) is 1. The second kappa shape index (κ2) is 9.36. The van der Waals surface area contributed by atoms with Gasteiger partial charge in [0, 0.05) is 11.3 Å². The van der Waals surface area contributed by atoms with Gasteiger partial charge in [-0.3, -0.25) is 0 Å². The molecule has 1 fully saturated rings. The Morgan fingerprint density at radius 2 is 2.00 bits per heavy atom. The fourth-order valence-electron chi connectivity index (χ4n) is 2.78. The van der Waals surface area contributed by atoms with Gasteiger partial charge in [-0.15, -0.1) is 11.3 Å². The molecule has 1 aliphatic carbocycles. The molecule has 4 nitrogen and oxygen atoms in total. The molecule has 0 radical (unpaired) electrons. The molecule has 1 aromatic heterocycles. The zero-order chi connectivity index (χ0) is 16.5. The number of aromatic nitrogens is 1. The second-order valence-electron chi connectivity index (χ2n) is 5.54. The number of thiazole rings is 1. The Hall–Kier alpha value is -1.81. The monoisotopic (exact) mass is 331 g/mol. The van der Waals surface area contributed by atoms with Crippen LogP contribution in [0.4, 0.5) is 0 Å². The number of ether oxygens (including phenoxy) is 1. The molecule has 0 saturated heterocycles. The predicted octanol–water partition coefficient (Wildman–Crippen LogP) is 3.97. The summed E-state index contributed by atoms with van der Waals surface area (Å²) in [6.45, 7) is 2.90. The summed E-state index contributed by atoms with van der Waals surface area (Å²) >= 11 is 1.82. The Bertz CT molecular complexity index is 620. The molecule has 122 valence electrons. The van der Waals surface area contributed by atoms with E-state index in [9.17, 15) is 0 Å². The third-order valence-corrected chi connectivity index (χ3v) is 5.05. The Morgan fingerprint density at radius 3 is 2.65 bits per heavy atom. The van der Waals surface area contributed by atoms with Crippen LogP contribution in [0.3, 0.4) is 0 Å². The van der Waals surface area contributed by atoms with Crippen LogP contribution < -0.4 is 0 Å². The summed E-state index contributed by atoms with van der Waals surface area (Å²) in [6, 6.07) is 10.4. The first-order valence-corrected chi connectivity index (χ1v) is 8.73. The number of hydrogen-bond donors (Lipinski definition) is 0. The number of benzene rings is 1. The van der Waals surface area contributed by atoms with E-state index in [0.717, 1.165) is 19.4 Å². The van der Waals surface area contributed by atoms with Crippen LogP contribution in [0.25, 0.3) is 0 Å². The van der Waals surface area contributed by atoms with Crippen molar-refractivity contribution in [3.05, 3.63) is 52.0 Å². The summed E-state index contributed by atoms with van der Waals surface area (Å²) < 4.78 is 6.05. The van der Waals surface area contributed by atoms with Crippen molar-refractivity contribution >= 4 is 17.5 Å².